The van der Waals surface area contributed by atoms with E-state index in [1.165, 1.54) is 0 Å². The molecule has 5 nitrogen and oxygen atoms in total. The van der Waals surface area contributed by atoms with E-state index in [4.69, 9.17) is 4.74 Å². The van der Waals surface area contributed by atoms with E-state index < -0.39 is 0 Å². The van der Waals surface area contributed by atoms with E-state index >= 15 is 0 Å². The first-order valence-corrected chi connectivity index (χ1v) is 8.44. The minimum absolute atomic E-state index is 0.148. The van der Waals surface area contributed by atoms with Gasteiger partial charge in [-0.1, -0.05) is 6.92 Å². The maximum absolute atomic E-state index is 11.4. The third kappa shape index (κ3) is 6.91. The van der Waals surface area contributed by atoms with Gasteiger partial charge in [0.2, 0.25) is 0 Å². The first-order chi connectivity index (χ1) is 10.1. The summed E-state index contributed by atoms with van der Waals surface area (Å²) in [6.07, 6.45) is 2.16. The lowest BCUT2D eigenvalue weighted by molar-refractivity contribution is -0.143. The van der Waals surface area contributed by atoms with E-state index in [0.29, 0.717) is 19.4 Å². The minimum Gasteiger partial charge on any atom is -0.466 e. The summed E-state index contributed by atoms with van der Waals surface area (Å²) < 4.78 is 4.94. The van der Waals surface area contributed by atoms with Gasteiger partial charge in [0.25, 0.3) is 0 Å². The summed E-state index contributed by atoms with van der Waals surface area (Å²) in [5, 5.41) is 3.10. The highest BCUT2D eigenvalue weighted by atomic mass is 32.1. The molecule has 1 aromatic rings. The molecule has 0 bridgehead atoms. The number of ether oxygens (including phenoxy) is 1. The van der Waals surface area contributed by atoms with Crippen molar-refractivity contribution >= 4 is 22.4 Å². The van der Waals surface area contributed by atoms with Crippen LogP contribution >= 0.6 is 11.3 Å². The quantitative estimate of drug-likeness (QED) is 0.621. The Morgan fingerprint density at radius 3 is 2.67 bits per heavy atom. The average molecular weight is 313 g/mol. The van der Waals surface area contributed by atoms with Crippen molar-refractivity contribution in [3.8, 4) is 0 Å². The fourth-order valence-corrected chi connectivity index (χ4v) is 2.83. The summed E-state index contributed by atoms with van der Waals surface area (Å²) in [6.45, 7) is 7.45. The molecule has 0 spiro atoms. The Morgan fingerprint density at radius 1 is 1.29 bits per heavy atom. The molecule has 0 N–H and O–H groups in total. The first-order valence-electron chi connectivity index (χ1n) is 7.56. The van der Waals surface area contributed by atoms with E-state index in [9.17, 15) is 4.79 Å². The zero-order chi connectivity index (χ0) is 15.7. The van der Waals surface area contributed by atoms with E-state index in [1.807, 2.05) is 12.3 Å². The van der Waals surface area contributed by atoms with Crippen molar-refractivity contribution in [1.82, 2.24) is 9.88 Å². The fourth-order valence-electron chi connectivity index (χ4n) is 1.91. The zero-order valence-corrected chi connectivity index (χ0v) is 14.4. The van der Waals surface area contributed by atoms with Crippen molar-refractivity contribution in [1.29, 1.82) is 0 Å². The molecule has 0 unspecified atom stereocenters. The van der Waals surface area contributed by atoms with Crippen molar-refractivity contribution in [2.75, 3.05) is 45.2 Å². The molecule has 120 valence electrons. The molecule has 1 aromatic heterocycles. The number of rotatable bonds is 10. The number of hydrogen-bond acceptors (Lipinski definition) is 6. The Kier molecular flexibility index (Phi) is 8.30. The van der Waals surface area contributed by atoms with Gasteiger partial charge in [0, 0.05) is 31.4 Å². The molecule has 0 fully saturated rings. The molecule has 1 rings (SSSR count). The number of likely N-dealkylation sites (N-methyl/N-ethyl adjacent to an activating group) is 1. The molecule has 0 amide bonds. The molecular formula is C15H27N3O2S. The summed E-state index contributed by atoms with van der Waals surface area (Å²) in [6, 6.07) is 0. The maximum Gasteiger partial charge on any atom is 0.306 e. The molecule has 0 aliphatic heterocycles. The normalized spacial score (nSPS) is 10.9. The number of carbonyl (C=O) groups is 1. The Labute approximate surface area is 131 Å². The van der Waals surface area contributed by atoms with Crippen LogP contribution in [0.2, 0.25) is 0 Å². The first kappa shape index (κ1) is 17.9. The number of nitrogens with zero attached hydrogens (tertiary/aromatic N) is 3. The SMILES string of the molecule is CCCN(CCN(C)C)c1nc(CCC(=O)OCC)cs1. The maximum atomic E-state index is 11.4. The molecule has 0 aliphatic carbocycles. The second kappa shape index (κ2) is 9.73. The van der Waals surface area contributed by atoms with Gasteiger partial charge >= 0.3 is 5.97 Å². The van der Waals surface area contributed by atoms with Crippen molar-refractivity contribution in [2.24, 2.45) is 0 Å². The van der Waals surface area contributed by atoms with Gasteiger partial charge in [-0.3, -0.25) is 4.79 Å². The van der Waals surface area contributed by atoms with Crippen LogP contribution in [0.15, 0.2) is 5.38 Å². The average Bonchev–Trinajstić information content (AvgIpc) is 2.90. The van der Waals surface area contributed by atoms with Crippen LogP contribution in [0.1, 0.15) is 32.4 Å². The van der Waals surface area contributed by atoms with Gasteiger partial charge in [-0.2, -0.15) is 0 Å². The summed E-state index contributed by atoms with van der Waals surface area (Å²) in [5.41, 5.74) is 0.981. The van der Waals surface area contributed by atoms with Gasteiger partial charge < -0.3 is 14.5 Å². The largest absolute Gasteiger partial charge is 0.466 e. The Hall–Kier alpha value is -1.14. The lowest BCUT2D eigenvalue weighted by Crippen LogP contribution is -2.32. The van der Waals surface area contributed by atoms with Gasteiger partial charge in [-0.25, -0.2) is 4.98 Å². The van der Waals surface area contributed by atoms with Crippen molar-refractivity contribution in [3.63, 3.8) is 0 Å². The van der Waals surface area contributed by atoms with E-state index in [0.717, 1.165) is 36.9 Å². The molecule has 0 aromatic carbocycles. The smallest absolute Gasteiger partial charge is 0.306 e. The highest BCUT2D eigenvalue weighted by molar-refractivity contribution is 7.13. The van der Waals surface area contributed by atoms with E-state index in [-0.39, 0.29) is 5.97 Å². The van der Waals surface area contributed by atoms with Crippen LogP contribution in [-0.2, 0) is 16.0 Å². The predicted octanol–water partition coefficient (Wildman–Crippen LogP) is 2.42. The number of thiazole rings is 1. The summed E-state index contributed by atoms with van der Waals surface area (Å²) in [5.74, 6) is -0.148. The summed E-state index contributed by atoms with van der Waals surface area (Å²) in [7, 11) is 4.16. The van der Waals surface area contributed by atoms with E-state index in [1.54, 1.807) is 11.3 Å². The van der Waals surface area contributed by atoms with Gasteiger partial charge in [-0.05, 0) is 27.4 Å². The van der Waals surface area contributed by atoms with Gasteiger partial charge in [0.05, 0.1) is 18.7 Å². The molecular weight excluding hydrogens is 286 g/mol. The third-order valence-electron chi connectivity index (χ3n) is 3.01. The summed E-state index contributed by atoms with van der Waals surface area (Å²) >= 11 is 1.66. The number of carbonyl (C=O) groups excluding carboxylic acids is 1. The van der Waals surface area contributed by atoms with Crippen LogP contribution in [0.5, 0.6) is 0 Å². The van der Waals surface area contributed by atoms with Crippen LogP contribution in [0, 0.1) is 0 Å². The van der Waals surface area contributed by atoms with Crippen LogP contribution < -0.4 is 4.90 Å². The van der Waals surface area contributed by atoms with Crippen LogP contribution in [0.3, 0.4) is 0 Å². The Morgan fingerprint density at radius 2 is 2.05 bits per heavy atom. The second-order valence-corrected chi connectivity index (χ2v) is 6.05. The van der Waals surface area contributed by atoms with E-state index in [2.05, 4.69) is 35.8 Å². The van der Waals surface area contributed by atoms with Gasteiger partial charge in [0.1, 0.15) is 0 Å². The summed E-state index contributed by atoms with van der Waals surface area (Å²) in [4.78, 5) is 20.5. The monoisotopic (exact) mass is 313 g/mol. The molecule has 0 aliphatic rings. The van der Waals surface area contributed by atoms with Gasteiger partial charge in [-0.15, -0.1) is 11.3 Å². The lowest BCUT2D eigenvalue weighted by Gasteiger charge is -2.23. The van der Waals surface area contributed by atoms with Crippen molar-refractivity contribution < 1.29 is 9.53 Å². The highest BCUT2D eigenvalue weighted by Gasteiger charge is 2.12. The number of aromatic nitrogens is 1. The molecule has 0 atom stereocenters. The van der Waals surface area contributed by atoms with Crippen LogP contribution in [-0.4, -0.2) is 56.2 Å². The Bertz CT molecular complexity index is 421. The molecule has 0 radical (unpaired) electrons. The van der Waals surface area contributed by atoms with Crippen LogP contribution in [0.4, 0.5) is 5.13 Å². The highest BCUT2D eigenvalue weighted by Crippen LogP contribution is 2.21. The number of anilines is 1. The predicted molar refractivity (Wildman–Crippen MR) is 88.1 cm³/mol. The standard InChI is InChI=1S/C15H27N3O2S/c1-5-9-18(11-10-17(3)4)15-16-13(12-21-15)7-8-14(19)20-6-2/h12H,5-11H2,1-4H3. The topological polar surface area (TPSA) is 45.7 Å². The second-order valence-electron chi connectivity index (χ2n) is 5.22. The molecule has 1 heterocycles. The van der Waals surface area contributed by atoms with Crippen molar-refractivity contribution in [3.05, 3.63) is 11.1 Å². The van der Waals surface area contributed by atoms with Crippen molar-refractivity contribution in [2.45, 2.75) is 33.1 Å². The zero-order valence-electron chi connectivity index (χ0n) is 13.6. The Balaban J connectivity index is 2.55. The molecule has 6 heteroatoms. The minimum atomic E-state index is -0.148. The van der Waals surface area contributed by atoms with Gasteiger partial charge in [0.15, 0.2) is 5.13 Å². The number of hydrogen-bond donors (Lipinski definition) is 0. The molecule has 0 saturated carbocycles. The lowest BCUT2D eigenvalue weighted by atomic mass is 10.2. The molecule has 21 heavy (non-hydrogen) atoms. The molecule has 0 saturated heterocycles. The number of esters is 1. The van der Waals surface area contributed by atoms with Crippen LogP contribution in [0.25, 0.3) is 0 Å². The fraction of sp³-hybridized carbons (Fsp3) is 0.733. The third-order valence-corrected chi connectivity index (χ3v) is 3.96. The number of aryl methyl sites for hydroxylation is 1.